The SMILES string of the molecule is CCOC(=O)CN1CCN(CCOc2cc3c(Nc4cccc(Br)c4)ncnc3cc2OC)CC1. The molecule has 1 fully saturated rings. The monoisotopic (exact) mass is 543 g/mol. The second-order valence-electron chi connectivity index (χ2n) is 8.15. The van der Waals surface area contributed by atoms with Crippen LogP contribution in [0.4, 0.5) is 11.5 Å². The predicted molar refractivity (Wildman–Crippen MR) is 139 cm³/mol. The van der Waals surface area contributed by atoms with Crippen molar-refractivity contribution in [3.8, 4) is 11.5 Å². The number of ether oxygens (including phenoxy) is 3. The Bertz CT molecular complexity index is 1150. The molecule has 0 saturated carbocycles. The molecule has 0 atom stereocenters. The number of nitrogens with one attached hydrogen (secondary N) is 1. The van der Waals surface area contributed by atoms with Crippen molar-refractivity contribution in [1.29, 1.82) is 0 Å². The first-order valence-corrected chi connectivity index (χ1v) is 12.4. The number of halogens is 1. The van der Waals surface area contributed by atoms with Gasteiger partial charge in [-0.1, -0.05) is 22.0 Å². The lowest BCUT2D eigenvalue weighted by atomic mass is 10.2. The van der Waals surface area contributed by atoms with Crippen molar-refractivity contribution in [2.75, 3.05) is 64.9 Å². The molecule has 9 nitrogen and oxygen atoms in total. The molecule has 0 spiro atoms. The smallest absolute Gasteiger partial charge is 0.320 e. The van der Waals surface area contributed by atoms with Crippen molar-refractivity contribution in [1.82, 2.24) is 19.8 Å². The Kier molecular flexibility index (Phi) is 8.73. The van der Waals surface area contributed by atoms with Crippen molar-refractivity contribution in [3.05, 3.63) is 47.2 Å². The summed E-state index contributed by atoms with van der Waals surface area (Å²) in [5.74, 6) is 1.81. The van der Waals surface area contributed by atoms with Crippen LogP contribution < -0.4 is 14.8 Å². The van der Waals surface area contributed by atoms with Crippen molar-refractivity contribution in [2.24, 2.45) is 0 Å². The number of carbonyl (C=O) groups is 1. The van der Waals surface area contributed by atoms with Crippen LogP contribution in [-0.2, 0) is 9.53 Å². The molecule has 1 aromatic heterocycles. The Labute approximate surface area is 213 Å². The first-order valence-electron chi connectivity index (χ1n) is 11.6. The summed E-state index contributed by atoms with van der Waals surface area (Å²) < 4.78 is 17.7. The van der Waals surface area contributed by atoms with E-state index in [-0.39, 0.29) is 5.97 Å². The molecular formula is C25H30BrN5O4. The fraction of sp³-hybridized carbons (Fsp3) is 0.400. The van der Waals surface area contributed by atoms with E-state index in [1.54, 1.807) is 7.11 Å². The number of carbonyl (C=O) groups excluding carboxylic acids is 1. The van der Waals surface area contributed by atoms with Crippen LogP contribution in [0.25, 0.3) is 10.9 Å². The summed E-state index contributed by atoms with van der Waals surface area (Å²) in [5, 5.41) is 4.21. The van der Waals surface area contributed by atoms with Gasteiger partial charge in [0.1, 0.15) is 18.8 Å². The van der Waals surface area contributed by atoms with Gasteiger partial charge in [-0.3, -0.25) is 14.6 Å². The fourth-order valence-electron chi connectivity index (χ4n) is 3.98. The molecule has 2 aromatic carbocycles. The molecule has 1 aliphatic heterocycles. The topological polar surface area (TPSA) is 89.1 Å². The number of hydrogen-bond acceptors (Lipinski definition) is 9. The fourth-order valence-corrected chi connectivity index (χ4v) is 4.38. The zero-order chi connectivity index (χ0) is 24.6. The van der Waals surface area contributed by atoms with Crippen LogP contribution in [0.2, 0.25) is 0 Å². The van der Waals surface area contributed by atoms with Crippen LogP contribution in [-0.4, -0.2) is 85.3 Å². The standard InChI is InChI=1S/C25H30BrN5O4/c1-3-34-24(32)16-31-9-7-30(8-10-31)11-12-35-23-14-20-21(15-22(23)33-2)27-17-28-25(20)29-19-6-4-5-18(26)13-19/h4-6,13-15,17H,3,7-12,16H2,1-2H3,(H,27,28,29). The van der Waals surface area contributed by atoms with Crippen LogP contribution >= 0.6 is 15.9 Å². The maximum absolute atomic E-state index is 11.7. The van der Waals surface area contributed by atoms with Crippen LogP contribution in [0, 0.1) is 0 Å². The first kappa shape index (κ1) is 25.2. The minimum absolute atomic E-state index is 0.162. The highest BCUT2D eigenvalue weighted by atomic mass is 79.9. The minimum atomic E-state index is -0.162. The Hall–Kier alpha value is -2.95. The van der Waals surface area contributed by atoms with Gasteiger partial charge in [0, 0.05) is 54.3 Å². The summed E-state index contributed by atoms with van der Waals surface area (Å²) in [7, 11) is 1.62. The van der Waals surface area contributed by atoms with E-state index in [1.807, 2.05) is 43.3 Å². The quantitative estimate of drug-likeness (QED) is 0.384. The molecule has 1 aliphatic rings. The second-order valence-corrected chi connectivity index (χ2v) is 9.06. The number of fused-ring (bicyclic) bond motifs is 1. The van der Waals surface area contributed by atoms with Gasteiger partial charge in [0.15, 0.2) is 11.5 Å². The summed E-state index contributed by atoms with van der Waals surface area (Å²) in [6.07, 6.45) is 1.53. The molecule has 2 heterocycles. The van der Waals surface area contributed by atoms with Crippen molar-refractivity contribution < 1.29 is 19.0 Å². The maximum atomic E-state index is 11.7. The number of rotatable bonds is 10. The summed E-state index contributed by atoms with van der Waals surface area (Å²) >= 11 is 3.50. The highest BCUT2D eigenvalue weighted by molar-refractivity contribution is 9.10. The van der Waals surface area contributed by atoms with Crippen LogP contribution in [0.5, 0.6) is 11.5 Å². The third kappa shape index (κ3) is 6.81. The van der Waals surface area contributed by atoms with Gasteiger partial charge in [-0.15, -0.1) is 0 Å². The lowest BCUT2D eigenvalue weighted by molar-refractivity contribution is -0.144. The predicted octanol–water partition coefficient (Wildman–Crippen LogP) is 3.70. The minimum Gasteiger partial charge on any atom is -0.493 e. The molecule has 0 bridgehead atoms. The van der Waals surface area contributed by atoms with Crippen LogP contribution in [0.3, 0.4) is 0 Å². The third-order valence-corrected chi connectivity index (χ3v) is 6.29. The molecule has 186 valence electrons. The number of methoxy groups -OCH3 is 1. The van der Waals surface area contributed by atoms with E-state index in [9.17, 15) is 4.79 Å². The van der Waals surface area contributed by atoms with Gasteiger partial charge in [0.05, 0.1) is 25.8 Å². The molecular weight excluding hydrogens is 514 g/mol. The van der Waals surface area contributed by atoms with Crippen molar-refractivity contribution in [3.63, 3.8) is 0 Å². The lowest BCUT2D eigenvalue weighted by Crippen LogP contribution is -2.49. The van der Waals surface area contributed by atoms with Gasteiger partial charge < -0.3 is 19.5 Å². The summed E-state index contributed by atoms with van der Waals surface area (Å²) in [4.78, 5) is 25.0. The summed E-state index contributed by atoms with van der Waals surface area (Å²) in [5.41, 5.74) is 1.68. The first-order chi connectivity index (χ1) is 17.1. The third-order valence-electron chi connectivity index (χ3n) is 5.80. The van der Waals surface area contributed by atoms with E-state index in [0.29, 0.717) is 37.1 Å². The molecule has 3 aromatic rings. The normalized spacial score (nSPS) is 14.6. The maximum Gasteiger partial charge on any atom is 0.320 e. The number of anilines is 2. The highest BCUT2D eigenvalue weighted by Gasteiger charge is 2.19. The molecule has 0 aliphatic carbocycles. The molecule has 0 radical (unpaired) electrons. The van der Waals surface area contributed by atoms with E-state index in [1.165, 1.54) is 6.33 Å². The Morgan fingerprint density at radius 1 is 1.09 bits per heavy atom. The average molecular weight is 544 g/mol. The van der Waals surface area contributed by atoms with Gasteiger partial charge in [-0.2, -0.15) is 0 Å². The van der Waals surface area contributed by atoms with Crippen LogP contribution in [0.1, 0.15) is 6.92 Å². The van der Waals surface area contributed by atoms with Crippen LogP contribution in [0.15, 0.2) is 47.2 Å². The molecule has 1 saturated heterocycles. The highest BCUT2D eigenvalue weighted by Crippen LogP contribution is 2.35. The molecule has 0 unspecified atom stereocenters. The number of benzene rings is 2. The zero-order valence-corrected chi connectivity index (χ0v) is 21.6. The molecule has 10 heteroatoms. The Morgan fingerprint density at radius 3 is 2.63 bits per heavy atom. The number of aromatic nitrogens is 2. The molecule has 4 rings (SSSR count). The van der Waals surface area contributed by atoms with E-state index >= 15 is 0 Å². The number of esters is 1. The van der Waals surface area contributed by atoms with Gasteiger partial charge in [-0.25, -0.2) is 9.97 Å². The molecule has 0 amide bonds. The van der Waals surface area contributed by atoms with Gasteiger partial charge in [-0.05, 0) is 31.2 Å². The van der Waals surface area contributed by atoms with Gasteiger partial charge in [0.2, 0.25) is 0 Å². The van der Waals surface area contributed by atoms with E-state index in [4.69, 9.17) is 14.2 Å². The Morgan fingerprint density at radius 2 is 1.89 bits per heavy atom. The Balaban J connectivity index is 1.38. The lowest BCUT2D eigenvalue weighted by Gasteiger charge is -2.33. The average Bonchev–Trinajstić information content (AvgIpc) is 2.85. The largest absolute Gasteiger partial charge is 0.493 e. The van der Waals surface area contributed by atoms with E-state index < -0.39 is 0 Å². The number of nitrogens with zero attached hydrogens (tertiary/aromatic N) is 4. The van der Waals surface area contributed by atoms with E-state index in [2.05, 4.69) is 41.0 Å². The van der Waals surface area contributed by atoms with E-state index in [0.717, 1.165) is 53.8 Å². The number of hydrogen-bond donors (Lipinski definition) is 1. The summed E-state index contributed by atoms with van der Waals surface area (Å²) in [6.45, 7) is 7.32. The van der Waals surface area contributed by atoms with Crippen molar-refractivity contribution >= 4 is 44.3 Å². The summed E-state index contributed by atoms with van der Waals surface area (Å²) in [6, 6.07) is 11.7. The van der Waals surface area contributed by atoms with Crippen molar-refractivity contribution in [2.45, 2.75) is 6.92 Å². The molecule has 35 heavy (non-hydrogen) atoms. The molecule has 1 N–H and O–H groups in total. The van der Waals surface area contributed by atoms with Gasteiger partial charge in [0.25, 0.3) is 0 Å². The van der Waals surface area contributed by atoms with Gasteiger partial charge >= 0.3 is 5.97 Å². The second kappa shape index (κ2) is 12.1. The zero-order valence-electron chi connectivity index (χ0n) is 20.0. The number of piperazine rings is 1.